The predicted octanol–water partition coefficient (Wildman–Crippen LogP) is 2.78. The van der Waals surface area contributed by atoms with Gasteiger partial charge in [0.15, 0.2) is 5.96 Å². The van der Waals surface area contributed by atoms with Gasteiger partial charge < -0.3 is 20.3 Å². The lowest BCUT2D eigenvalue weighted by Gasteiger charge is -2.14. The molecule has 0 fully saturated rings. The Morgan fingerprint density at radius 1 is 1.11 bits per heavy atom. The van der Waals surface area contributed by atoms with E-state index in [9.17, 15) is 4.79 Å². The number of rotatable bonds is 9. The third kappa shape index (κ3) is 8.92. The number of hydrogen-bond acceptors (Lipinski definition) is 4. The lowest BCUT2D eigenvalue weighted by Crippen LogP contribution is -2.40. The van der Waals surface area contributed by atoms with E-state index in [0.29, 0.717) is 5.96 Å². The molecule has 0 spiro atoms. The molecule has 28 heavy (non-hydrogen) atoms. The minimum Gasteiger partial charge on any atom is -0.497 e. The van der Waals surface area contributed by atoms with Crippen LogP contribution in [-0.4, -0.2) is 57.6 Å². The zero-order valence-corrected chi connectivity index (χ0v) is 19.8. The zero-order chi connectivity index (χ0) is 19.5. The van der Waals surface area contributed by atoms with Crippen molar-refractivity contribution < 1.29 is 9.53 Å². The van der Waals surface area contributed by atoms with Gasteiger partial charge in [0, 0.05) is 32.1 Å². The van der Waals surface area contributed by atoms with Crippen molar-refractivity contribution in [3.63, 3.8) is 0 Å². The van der Waals surface area contributed by atoms with E-state index in [1.807, 2.05) is 12.1 Å². The molecule has 2 N–H and O–H groups in total. The lowest BCUT2D eigenvalue weighted by atomic mass is 10.1. The number of methoxy groups -OCH3 is 1. The summed E-state index contributed by atoms with van der Waals surface area (Å²) >= 11 is 1.74. The zero-order valence-electron chi connectivity index (χ0n) is 16.6. The summed E-state index contributed by atoms with van der Waals surface area (Å²) in [5, 5.41) is 8.70. The number of carbonyl (C=O) groups excluding carboxylic acids is 1. The average Bonchev–Trinajstić information content (AvgIpc) is 3.19. The molecule has 0 aliphatic rings. The maximum absolute atomic E-state index is 11.8. The normalized spacial score (nSPS) is 10.8. The third-order valence-electron chi connectivity index (χ3n) is 3.98. The number of aliphatic imine (C=N–C) groups is 1. The van der Waals surface area contributed by atoms with Gasteiger partial charge in [0.05, 0.1) is 7.11 Å². The van der Waals surface area contributed by atoms with Gasteiger partial charge in [0.2, 0.25) is 5.91 Å². The van der Waals surface area contributed by atoms with Gasteiger partial charge in [-0.2, -0.15) is 0 Å². The van der Waals surface area contributed by atoms with E-state index in [0.717, 1.165) is 31.7 Å². The maximum Gasteiger partial charge on any atom is 0.243 e. The van der Waals surface area contributed by atoms with E-state index in [4.69, 9.17) is 4.74 Å². The van der Waals surface area contributed by atoms with E-state index in [2.05, 4.69) is 45.3 Å². The molecule has 0 unspecified atom stereocenters. The first-order valence-electron chi connectivity index (χ1n) is 8.96. The van der Waals surface area contributed by atoms with Gasteiger partial charge in [0.1, 0.15) is 12.3 Å². The standard InChI is InChI=1S/C20H28N4O2S.HI/c1-24(2)19(25)15-23-20(22-13-11-18-5-4-14-27-18)21-12-10-16-6-8-17(26-3)9-7-16;/h4-9,14H,10-13,15H2,1-3H3,(H2,21,22,23);1H. The smallest absolute Gasteiger partial charge is 0.243 e. The van der Waals surface area contributed by atoms with Crippen LogP contribution in [0.1, 0.15) is 10.4 Å². The predicted molar refractivity (Wildman–Crippen MR) is 127 cm³/mol. The molecule has 1 amide bonds. The highest BCUT2D eigenvalue weighted by Crippen LogP contribution is 2.11. The Morgan fingerprint density at radius 2 is 1.79 bits per heavy atom. The summed E-state index contributed by atoms with van der Waals surface area (Å²) in [6.07, 6.45) is 1.79. The minimum absolute atomic E-state index is 0. The number of ether oxygens (including phenoxy) is 1. The highest BCUT2D eigenvalue weighted by molar-refractivity contribution is 14.0. The molecule has 154 valence electrons. The van der Waals surface area contributed by atoms with Crippen LogP contribution in [0.4, 0.5) is 0 Å². The molecule has 6 nitrogen and oxygen atoms in total. The number of nitrogens with zero attached hydrogens (tertiary/aromatic N) is 2. The molecule has 0 bridgehead atoms. The molecular weight excluding hydrogens is 487 g/mol. The molecule has 1 heterocycles. The van der Waals surface area contributed by atoms with Crippen LogP contribution >= 0.6 is 35.3 Å². The number of guanidine groups is 1. The van der Waals surface area contributed by atoms with E-state index in [-0.39, 0.29) is 36.4 Å². The highest BCUT2D eigenvalue weighted by Gasteiger charge is 2.05. The molecule has 1 aromatic carbocycles. The van der Waals surface area contributed by atoms with Crippen molar-refractivity contribution in [2.24, 2.45) is 4.99 Å². The monoisotopic (exact) mass is 516 g/mol. The molecule has 2 rings (SSSR count). The summed E-state index contributed by atoms with van der Waals surface area (Å²) in [6.45, 7) is 1.63. The summed E-state index contributed by atoms with van der Waals surface area (Å²) in [5.41, 5.74) is 1.21. The van der Waals surface area contributed by atoms with Crippen LogP contribution in [0.25, 0.3) is 0 Å². The molecule has 0 radical (unpaired) electrons. The van der Waals surface area contributed by atoms with Gasteiger partial charge in [-0.3, -0.25) is 4.79 Å². The molecule has 0 saturated carbocycles. The Balaban J connectivity index is 0.00000392. The molecule has 1 aromatic heterocycles. The molecule has 0 aliphatic heterocycles. The van der Waals surface area contributed by atoms with Crippen LogP contribution in [0.2, 0.25) is 0 Å². The van der Waals surface area contributed by atoms with Crippen LogP contribution < -0.4 is 15.4 Å². The van der Waals surface area contributed by atoms with Crippen molar-refractivity contribution in [2.75, 3.05) is 40.8 Å². The largest absolute Gasteiger partial charge is 0.497 e. The lowest BCUT2D eigenvalue weighted by molar-refractivity contribution is -0.127. The van der Waals surface area contributed by atoms with E-state index >= 15 is 0 Å². The van der Waals surface area contributed by atoms with Crippen LogP contribution in [0.15, 0.2) is 46.8 Å². The Bertz CT molecular complexity index is 718. The number of nitrogens with one attached hydrogen (secondary N) is 2. The summed E-state index contributed by atoms with van der Waals surface area (Å²) < 4.78 is 5.18. The van der Waals surface area contributed by atoms with Gasteiger partial charge in [-0.25, -0.2) is 4.99 Å². The molecule has 0 aliphatic carbocycles. The van der Waals surface area contributed by atoms with Crippen molar-refractivity contribution in [1.29, 1.82) is 0 Å². The fourth-order valence-corrected chi connectivity index (χ4v) is 3.05. The van der Waals surface area contributed by atoms with Gasteiger partial charge in [-0.05, 0) is 42.0 Å². The summed E-state index contributed by atoms with van der Waals surface area (Å²) in [4.78, 5) is 19.1. The fraction of sp³-hybridized carbons (Fsp3) is 0.400. The van der Waals surface area contributed by atoms with Crippen LogP contribution in [0, 0.1) is 0 Å². The third-order valence-corrected chi connectivity index (χ3v) is 4.92. The van der Waals surface area contributed by atoms with Crippen molar-refractivity contribution in [2.45, 2.75) is 12.8 Å². The first-order chi connectivity index (χ1) is 13.1. The summed E-state index contributed by atoms with van der Waals surface area (Å²) in [5.74, 6) is 1.49. The maximum atomic E-state index is 11.8. The second kappa shape index (κ2) is 13.4. The minimum atomic E-state index is -0.0236. The van der Waals surface area contributed by atoms with Crippen molar-refractivity contribution in [3.05, 3.63) is 52.2 Å². The summed E-state index contributed by atoms with van der Waals surface area (Å²) in [6, 6.07) is 12.2. The Kier molecular flexibility index (Phi) is 11.6. The summed E-state index contributed by atoms with van der Waals surface area (Å²) in [7, 11) is 5.13. The molecule has 0 atom stereocenters. The topological polar surface area (TPSA) is 66.0 Å². The molecular formula is C20H29IN4O2S. The number of thiophene rings is 1. The highest BCUT2D eigenvalue weighted by atomic mass is 127. The first-order valence-corrected chi connectivity index (χ1v) is 9.84. The SMILES string of the molecule is COc1ccc(CCNC(=NCC(=O)N(C)C)NCCc2cccs2)cc1.I. The Hall–Kier alpha value is -1.81. The molecule has 0 saturated heterocycles. The quantitative estimate of drug-likeness (QED) is 0.306. The number of carbonyl (C=O) groups is 1. The second-order valence-electron chi connectivity index (χ2n) is 6.23. The van der Waals surface area contributed by atoms with E-state index < -0.39 is 0 Å². The number of halogens is 1. The van der Waals surface area contributed by atoms with Crippen LogP contribution in [-0.2, 0) is 17.6 Å². The number of likely N-dealkylation sites (N-methyl/N-ethyl adjacent to an activating group) is 1. The van der Waals surface area contributed by atoms with Gasteiger partial charge in [0.25, 0.3) is 0 Å². The van der Waals surface area contributed by atoms with Gasteiger partial charge >= 0.3 is 0 Å². The number of amides is 1. The van der Waals surface area contributed by atoms with Crippen molar-refractivity contribution >= 4 is 47.2 Å². The Morgan fingerprint density at radius 3 is 2.36 bits per heavy atom. The fourth-order valence-electron chi connectivity index (χ4n) is 2.34. The average molecular weight is 516 g/mol. The van der Waals surface area contributed by atoms with Crippen molar-refractivity contribution in [1.82, 2.24) is 15.5 Å². The van der Waals surface area contributed by atoms with Gasteiger partial charge in [-0.15, -0.1) is 35.3 Å². The van der Waals surface area contributed by atoms with Crippen molar-refractivity contribution in [3.8, 4) is 5.75 Å². The molecule has 2 aromatic rings. The number of benzene rings is 1. The van der Waals surface area contributed by atoms with E-state index in [1.54, 1.807) is 37.4 Å². The Labute approximate surface area is 188 Å². The second-order valence-corrected chi connectivity index (χ2v) is 7.27. The van der Waals surface area contributed by atoms with Gasteiger partial charge in [-0.1, -0.05) is 18.2 Å². The number of hydrogen-bond donors (Lipinski definition) is 2. The van der Waals surface area contributed by atoms with Crippen LogP contribution in [0.5, 0.6) is 5.75 Å². The van der Waals surface area contributed by atoms with Crippen LogP contribution in [0.3, 0.4) is 0 Å². The first kappa shape index (κ1) is 24.2. The molecule has 8 heteroatoms. The van der Waals surface area contributed by atoms with E-state index in [1.165, 1.54) is 10.4 Å².